The van der Waals surface area contributed by atoms with E-state index in [1.165, 1.54) is 23.8 Å². The fourth-order valence-corrected chi connectivity index (χ4v) is 5.45. The van der Waals surface area contributed by atoms with Crippen LogP contribution >= 0.6 is 11.3 Å². The van der Waals surface area contributed by atoms with E-state index in [0.29, 0.717) is 35.3 Å². The van der Waals surface area contributed by atoms with Gasteiger partial charge in [0, 0.05) is 30.6 Å². The first-order chi connectivity index (χ1) is 11.8. The van der Waals surface area contributed by atoms with Gasteiger partial charge in [-0.05, 0) is 41.7 Å². The summed E-state index contributed by atoms with van der Waals surface area (Å²) >= 11 is 1.29. The van der Waals surface area contributed by atoms with E-state index in [9.17, 15) is 13.2 Å². The molecule has 1 N–H and O–H groups in total. The highest BCUT2D eigenvalue weighted by molar-refractivity contribution is 7.94. The van der Waals surface area contributed by atoms with Gasteiger partial charge in [-0.1, -0.05) is 26.0 Å². The first kappa shape index (κ1) is 17.9. The van der Waals surface area contributed by atoms with Crippen molar-refractivity contribution in [3.05, 3.63) is 46.3 Å². The lowest BCUT2D eigenvalue weighted by Crippen LogP contribution is -2.33. The minimum absolute atomic E-state index is 0.0182. The van der Waals surface area contributed by atoms with Crippen molar-refractivity contribution >= 4 is 33.0 Å². The Kier molecular flexibility index (Phi) is 4.88. The van der Waals surface area contributed by atoms with Crippen LogP contribution in [-0.4, -0.2) is 25.8 Å². The zero-order chi connectivity index (χ0) is 18.2. The molecule has 1 aromatic heterocycles. The quantitative estimate of drug-likeness (QED) is 0.884. The molecule has 1 aliphatic rings. The highest BCUT2D eigenvalue weighted by Gasteiger charge is 2.25. The summed E-state index contributed by atoms with van der Waals surface area (Å²) in [5, 5.41) is 0. The number of anilines is 1. The van der Waals surface area contributed by atoms with E-state index in [-0.39, 0.29) is 5.91 Å². The lowest BCUT2D eigenvalue weighted by atomic mass is 10.0. The van der Waals surface area contributed by atoms with Gasteiger partial charge in [-0.2, -0.15) is 0 Å². The number of fused-ring (bicyclic) bond motifs is 1. The Balaban J connectivity index is 1.80. The number of nitrogens with zero attached hydrogens (tertiary/aromatic N) is 1. The van der Waals surface area contributed by atoms with Gasteiger partial charge in [0.1, 0.15) is 4.21 Å². The molecule has 3 rings (SSSR count). The van der Waals surface area contributed by atoms with Crippen molar-refractivity contribution in [3.63, 3.8) is 0 Å². The predicted octanol–water partition coefficient (Wildman–Crippen LogP) is 3.58. The van der Waals surface area contributed by atoms with Crippen molar-refractivity contribution < 1.29 is 13.2 Å². The summed E-state index contributed by atoms with van der Waals surface area (Å²) < 4.78 is 28.3. The summed E-state index contributed by atoms with van der Waals surface area (Å²) in [7, 11) is -3.61. The van der Waals surface area contributed by atoms with Crippen LogP contribution in [0.25, 0.3) is 0 Å². The molecule has 2 heterocycles. The maximum Gasteiger partial charge on any atom is 0.271 e. The molecule has 0 bridgehead atoms. The number of sulfonamides is 1. The largest absolute Gasteiger partial charge is 0.338 e. The predicted molar refractivity (Wildman–Crippen MR) is 100 cm³/mol. The number of hydrogen-bond donors (Lipinski definition) is 1. The number of amides is 1. The van der Waals surface area contributed by atoms with Crippen molar-refractivity contribution in [2.24, 2.45) is 0 Å². The number of carbonyl (C=O) groups is 1. The smallest absolute Gasteiger partial charge is 0.271 e. The van der Waals surface area contributed by atoms with E-state index in [2.05, 4.69) is 18.6 Å². The standard InChI is InChI=1S/C18H22N2O3S2/c1-12(2)14-4-6-16(7-5-14)19-25(22,23)18-10-15-11-20(13(3)21)9-8-17(15)24-18/h4-7,10,12,19H,8-9,11H2,1-3H3. The Morgan fingerprint density at radius 3 is 2.52 bits per heavy atom. The first-order valence-corrected chi connectivity index (χ1v) is 10.6. The molecule has 0 aliphatic carbocycles. The van der Waals surface area contributed by atoms with Gasteiger partial charge in [-0.15, -0.1) is 11.3 Å². The zero-order valence-corrected chi connectivity index (χ0v) is 16.2. The number of carbonyl (C=O) groups excluding carboxylic acids is 1. The molecule has 25 heavy (non-hydrogen) atoms. The third kappa shape index (κ3) is 3.88. The molecular formula is C18H22N2O3S2. The van der Waals surface area contributed by atoms with Crippen molar-refractivity contribution in [3.8, 4) is 0 Å². The van der Waals surface area contributed by atoms with Gasteiger partial charge in [-0.25, -0.2) is 8.42 Å². The minimum Gasteiger partial charge on any atom is -0.338 e. The van der Waals surface area contributed by atoms with E-state index in [1.54, 1.807) is 23.1 Å². The van der Waals surface area contributed by atoms with Crippen LogP contribution in [0.2, 0.25) is 0 Å². The lowest BCUT2D eigenvalue weighted by molar-refractivity contribution is -0.129. The third-order valence-electron chi connectivity index (χ3n) is 4.38. The van der Waals surface area contributed by atoms with Gasteiger partial charge in [-0.3, -0.25) is 9.52 Å². The molecule has 0 spiro atoms. The van der Waals surface area contributed by atoms with E-state index in [4.69, 9.17) is 0 Å². The molecule has 0 fully saturated rings. The normalized spacial score (nSPS) is 14.5. The molecule has 1 aromatic carbocycles. The van der Waals surface area contributed by atoms with E-state index in [0.717, 1.165) is 10.4 Å². The summed E-state index contributed by atoms with van der Waals surface area (Å²) in [6.45, 7) is 6.86. The molecule has 2 aromatic rings. The van der Waals surface area contributed by atoms with Gasteiger partial charge >= 0.3 is 0 Å². The molecule has 7 heteroatoms. The molecule has 1 aliphatic heterocycles. The molecule has 0 unspecified atom stereocenters. The molecular weight excluding hydrogens is 356 g/mol. The maximum absolute atomic E-state index is 12.7. The zero-order valence-electron chi connectivity index (χ0n) is 14.6. The second-order valence-electron chi connectivity index (χ2n) is 6.59. The van der Waals surface area contributed by atoms with Crippen molar-refractivity contribution in [2.45, 2.75) is 43.9 Å². The highest BCUT2D eigenvalue weighted by Crippen LogP contribution is 2.32. The van der Waals surface area contributed by atoms with Crippen LogP contribution in [0.3, 0.4) is 0 Å². The Bertz CT molecular complexity index is 884. The second kappa shape index (κ2) is 6.80. The minimum atomic E-state index is -3.61. The van der Waals surface area contributed by atoms with Crippen LogP contribution in [-0.2, 0) is 27.8 Å². The average Bonchev–Trinajstić information content (AvgIpc) is 2.99. The molecule has 0 saturated carbocycles. The fraction of sp³-hybridized carbons (Fsp3) is 0.389. The Labute approximate surface area is 152 Å². The summed E-state index contributed by atoms with van der Waals surface area (Å²) in [5.74, 6) is 0.420. The molecule has 5 nitrogen and oxygen atoms in total. The van der Waals surface area contributed by atoms with Crippen LogP contribution < -0.4 is 4.72 Å². The van der Waals surface area contributed by atoms with Crippen LogP contribution in [0, 0.1) is 0 Å². The van der Waals surface area contributed by atoms with Crippen LogP contribution in [0.15, 0.2) is 34.5 Å². The molecule has 0 saturated heterocycles. The van der Waals surface area contributed by atoms with Gasteiger partial charge in [0.2, 0.25) is 5.91 Å². The van der Waals surface area contributed by atoms with E-state index >= 15 is 0 Å². The fourth-order valence-electron chi connectivity index (χ4n) is 2.85. The maximum atomic E-state index is 12.7. The van der Waals surface area contributed by atoms with E-state index in [1.807, 2.05) is 12.1 Å². The number of thiophene rings is 1. The van der Waals surface area contributed by atoms with Crippen LogP contribution in [0.4, 0.5) is 5.69 Å². The van der Waals surface area contributed by atoms with Crippen molar-refractivity contribution in [1.82, 2.24) is 4.90 Å². The number of hydrogen-bond acceptors (Lipinski definition) is 4. The van der Waals surface area contributed by atoms with Crippen LogP contribution in [0.1, 0.15) is 42.7 Å². The number of rotatable bonds is 4. The van der Waals surface area contributed by atoms with E-state index < -0.39 is 10.0 Å². The van der Waals surface area contributed by atoms with Gasteiger partial charge in [0.25, 0.3) is 10.0 Å². The number of nitrogens with one attached hydrogen (secondary N) is 1. The molecule has 0 atom stereocenters. The van der Waals surface area contributed by atoms with Crippen molar-refractivity contribution in [2.75, 3.05) is 11.3 Å². The Hall–Kier alpha value is -1.86. The monoisotopic (exact) mass is 378 g/mol. The third-order valence-corrected chi connectivity index (χ3v) is 7.48. The van der Waals surface area contributed by atoms with Crippen LogP contribution in [0.5, 0.6) is 0 Å². The molecule has 0 radical (unpaired) electrons. The van der Waals surface area contributed by atoms with Gasteiger partial charge < -0.3 is 4.90 Å². The summed E-state index contributed by atoms with van der Waals surface area (Å²) in [4.78, 5) is 14.3. The molecule has 1 amide bonds. The number of benzene rings is 1. The average molecular weight is 379 g/mol. The highest BCUT2D eigenvalue weighted by atomic mass is 32.2. The summed E-state index contributed by atoms with van der Waals surface area (Å²) in [6.07, 6.45) is 0.707. The SMILES string of the molecule is CC(=O)N1CCc2sc(S(=O)(=O)Nc3ccc(C(C)C)cc3)cc2C1. The topological polar surface area (TPSA) is 66.5 Å². The Morgan fingerprint density at radius 1 is 1.24 bits per heavy atom. The van der Waals surface area contributed by atoms with Gasteiger partial charge in [0.15, 0.2) is 0 Å². The first-order valence-electron chi connectivity index (χ1n) is 8.26. The molecule has 134 valence electrons. The Morgan fingerprint density at radius 2 is 1.92 bits per heavy atom. The van der Waals surface area contributed by atoms with Crippen molar-refractivity contribution in [1.29, 1.82) is 0 Å². The second-order valence-corrected chi connectivity index (χ2v) is 9.63. The lowest BCUT2D eigenvalue weighted by Gasteiger charge is -2.25. The summed E-state index contributed by atoms with van der Waals surface area (Å²) in [5.41, 5.74) is 2.65. The summed E-state index contributed by atoms with van der Waals surface area (Å²) in [6, 6.07) is 9.15. The van der Waals surface area contributed by atoms with Gasteiger partial charge in [0.05, 0.1) is 0 Å².